The van der Waals surface area contributed by atoms with Crippen LogP contribution in [0.3, 0.4) is 0 Å². The van der Waals surface area contributed by atoms with Crippen molar-refractivity contribution in [1.29, 1.82) is 0 Å². The molecule has 0 saturated carbocycles. The molecule has 1 unspecified atom stereocenters. The fourth-order valence-electron chi connectivity index (χ4n) is 2.21. The van der Waals surface area contributed by atoms with Crippen molar-refractivity contribution in [3.05, 3.63) is 70.8 Å². The van der Waals surface area contributed by atoms with Gasteiger partial charge in [-0.3, -0.25) is 0 Å². The van der Waals surface area contributed by atoms with Crippen LogP contribution in [-0.2, 0) is 10.6 Å². The number of rotatable bonds is 3. The third-order valence-corrected chi connectivity index (χ3v) is 3.66. The molecule has 1 aliphatic rings. The highest BCUT2D eigenvalue weighted by Gasteiger charge is 2.25. The molecule has 1 aliphatic heterocycles. The van der Waals surface area contributed by atoms with Gasteiger partial charge in [0.05, 0.1) is 0 Å². The topological polar surface area (TPSA) is 21.6 Å². The van der Waals surface area contributed by atoms with Crippen molar-refractivity contribution >= 4 is 17.5 Å². The van der Waals surface area contributed by atoms with Crippen LogP contribution in [0, 0.1) is 11.6 Å². The molecule has 0 amide bonds. The standard InChI is InChI=1S/C16H12ClF2NO/c17-8-10-4-6-11(7-5-10)14-9-21-16(20-14)15-12(18)2-1-3-13(15)19/h1-7,14H,8-9H2. The highest BCUT2D eigenvalue weighted by atomic mass is 35.5. The summed E-state index contributed by atoms with van der Waals surface area (Å²) in [6.45, 7) is 0.267. The Labute approximate surface area is 126 Å². The van der Waals surface area contributed by atoms with Crippen molar-refractivity contribution in [3.8, 4) is 0 Å². The Kier molecular flexibility index (Phi) is 3.88. The van der Waals surface area contributed by atoms with Gasteiger partial charge in [0.2, 0.25) is 5.90 Å². The van der Waals surface area contributed by atoms with Gasteiger partial charge in [-0.25, -0.2) is 13.8 Å². The summed E-state index contributed by atoms with van der Waals surface area (Å²) in [4.78, 5) is 4.29. The third-order valence-electron chi connectivity index (χ3n) is 3.35. The molecule has 0 radical (unpaired) electrons. The van der Waals surface area contributed by atoms with Gasteiger partial charge in [0.15, 0.2) is 0 Å². The molecular weight excluding hydrogens is 296 g/mol. The van der Waals surface area contributed by atoms with Gasteiger partial charge in [-0.05, 0) is 23.3 Å². The molecule has 0 saturated heterocycles. The molecule has 0 aromatic heterocycles. The summed E-state index contributed by atoms with van der Waals surface area (Å²) in [6, 6.07) is 11.0. The number of aliphatic imine (C=N–C) groups is 1. The minimum atomic E-state index is -0.674. The lowest BCUT2D eigenvalue weighted by molar-refractivity contribution is 0.317. The quantitative estimate of drug-likeness (QED) is 0.778. The first-order chi connectivity index (χ1) is 10.2. The van der Waals surface area contributed by atoms with Crippen LogP contribution in [-0.4, -0.2) is 12.5 Å². The van der Waals surface area contributed by atoms with E-state index in [1.54, 1.807) is 0 Å². The summed E-state index contributed by atoms with van der Waals surface area (Å²) in [5, 5.41) is 0. The number of nitrogens with zero attached hydrogens (tertiary/aromatic N) is 1. The summed E-state index contributed by atoms with van der Waals surface area (Å²) < 4.78 is 32.8. The van der Waals surface area contributed by atoms with Crippen molar-refractivity contribution in [1.82, 2.24) is 0 Å². The number of hydrogen-bond acceptors (Lipinski definition) is 2. The zero-order chi connectivity index (χ0) is 14.8. The fraction of sp³-hybridized carbons (Fsp3) is 0.188. The van der Waals surface area contributed by atoms with Crippen LogP contribution >= 0.6 is 11.6 Å². The van der Waals surface area contributed by atoms with Gasteiger partial charge >= 0.3 is 0 Å². The van der Waals surface area contributed by atoms with Crippen LogP contribution < -0.4 is 0 Å². The minimum Gasteiger partial charge on any atom is -0.475 e. The SMILES string of the molecule is Fc1cccc(F)c1C1=NC(c2ccc(CCl)cc2)CO1. The van der Waals surface area contributed by atoms with E-state index in [9.17, 15) is 8.78 Å². The maximum Gasteiger partial charge on any atom is 0.222 e. The van der Waals surface area contributed by atoms with Gasteiger partial charge < -0.3 is 4.74 Å². The first kappa shape index (κ1) is 14.0. The number of ether oxygens (including phenoxy) is 1. The molecule has 2 aromatic rings. The summed E-state index contributed by atoms with van der Waals surface area (Å²) in [6.07, 6.45) is 0. The van der Waals surface area contributed by atoms with E-state index in [1.165, 1.54) is 18.2 Å². The molecule has 0 bridgehead atoms. The molecule has 1 atom stereocenters. The van der Waals surface area contributed by atoms with Crippen LogP contribution in [0.25, 0.3) is 0 Å². The number of alkyl halides is 1. The van der Waals surface area contributed by atoms with Crippen LogP contribution in [0.2, 0.25) is 0 Å². The number of halogens is 3. The molecular formula is C16H12ClF2NO. The molecule has 2 nitrogen and oxygen atoms in total. The highest BCUT2D eigenvalue weighted by molar-refractivity contribution is 6.17. The van der Waals surface area contributed by atoms with Gasteiger partial charge in [-0.15, -0.1) is 11.6 Å². The summed E-state index contributed by atoms with van der Waals surface area (Å²) >= 11 is 5.74. The predicted molar refractivity (Wildman–Crippen MR) is 77.6 cm³/mol. The Hall–Kier alpha value is -1.94. The molecule has 0 N–H and O–H groups in total. The van der Waals surface area contributed by atoms with Crippen LogP contribution in [0.5, 0.6) is 0 Å². The maximum atomic E-state index is 13.7. The Morgan fingerprint density at radius 2 is 1.76 bits per heavy atom. The fourth-order valence-corrected chi connectivity index (χ4v) is 2.39. The minimum absolute atomic E-state index is 0.0111. The monoisotopic (exact) mass is 307 g/mol. The number of benzene rings is 2. The average Bonchev–Trinajstić information content (AvgIpc) is 2.97. The van der Waals surface area contributed by atoms with Gasteiger partial charge in [0.25, 0.3) is 0 Å². The van der Waals surface area contributed by atoms with Crippen LogP contribution in [0.4, 0.5) is 8.78 Å². The normalized spacial score (nSPS) is 17.5. The van der Waals surface area contributed by atoms with Crippen molar-refractivity contribution in [2.24, 2.45) is 4.99 Å². The zero-order valence-corrected chi connectivity index (χ0v) is 11.8. The smallest absolute Gasteiger partial charge is 0.222 e. The van der Waals surface area contributed by atoms with E-state index in [1.807, 2.05) is 24.3 Å². The first-order valence-corrected chi connectivity index (χ1v) is 7.02. The molecule has 0 aliphatic carbocycles. The Morgan fingerprint density at radius 1 is 1.10 bits per heavy atom. The average molecular weight is 308 g/mol. The summed E-state index contributed by atoms with van der Waals surface area (Å²) in [5.41, 5.74) is 1.72. The van der Waals surface area contributed by atoms with Crippen molar-refractivity contribution in [3.63, 3.8) is 0 Å². The number of hydrogen-bond donors (Lipinski definition) is 0. The van der Waals surface area contributed by atoms with E-state index in [2.05, 4.69) is 4.99 Å². The van der Waals surface area contributed by atoms with Gasteiger partial charge in [-0.1, -0.05) is 30.3 Å². The Balaban J connectivity index is 1.90. The summed E-state index contributed by atoms with van der Waals surface area (Å²) in [5.74, 6) is -0.896. The maximum absolute atomic E-state index is 13.7. The second kappa shape index (κ2) is 5.82. The van der Waals surface area contributed by atoms with E-state index in [4.69, 9.17) is 16.3 Å². The molecule has 0 spiro atoms. The van der Waals surface area contributed by atoms with E-state index in [-0.39, 0.29) is 24.1 Å². The molecule has 3 rings (SSSR count). The molecule has 108 valence electrons. The Bertz CT molecular complexity index is 665. The predicted octanol–water partition coefficient (Wildman–Crippen LogP) is 4.22. The first-order valence-electron chi connectivity index (χ1n) is 6.49. The van der Waals surface area contributed by atoms with Crippen molar-refractivity contribution in [2.75, 3.05) is 6.61 Å². The lowest BCUT2D eigenvalue weighted by Gasteiger charge is -2.05. The van der Waals surface area contributed by atoms with Gasteiger partial charge in [-0.2, -0.15) is 0 Å². The highest BCUT2D eigenvalue weighted by Crippen LogP contribution is 2.27. The van der Waals surface area contributed by atoms with Crippen LogP contribution in [0.1, 0.15) is 22.7 Å². The van der Waals surface area contributed by atoms with E-state index in [0.717, 1.165) is 11.1 Å². The molecule has 2 aromatic carbocycles. The second-order valence-corrected chi connectivity index (χ2v) is 5.00. The molecule has 5 heteroatoms. The largest absolute Gasteiger partial charge is 0.475 e. The van der Waals surface area contributed by atoms with Crippen LogP contribution in [0.15, 0.2) is 47.5 Å². The summed E-state index contributed by atoms with van der Waals surface area (Å²) in [7, 11) is 0. The molecule has 0 fully saturated rings. The second-order valence-electron chi connectivity index (χ2n) is 4.73. The van der Waals surface area contributed by atoms with E-state index >= 15 is 0 Å². The van der Waals surface area contributed by atoms with E-state index in [0.29, 0.717) is 5.88 Å². The van der Waals surface area contributed by atoms with Crippen molar-refractivity contribution in [2.45, 2.75) is 11.9 Å². The molecule has 1 heterocycles. The van der Waals surface area contributed by atoms with Gasteiger partial charge in [0.1, 0.15) is 29.8 Å². The zero-order valence-electron chi connectivity index (χ0n) is 11.0. The van der Waals surface area contributed by atoms with Crippen molar-refractivity contribution < 1.29 is 13.5 Å². The Morgan fingerprint density at radius 3 is 2.38 bits per heavy atom. The third kappa shape index (κ3) is 2.76. The lowest BCUT2D eigenvalue weighted by atomic mass is 10.1. The molecule has 21 heavy (non-hydrogen) atoms. The lowest BCUT2D eigenvalue weighted by Crippen LogP contribution is -2.07. The van der Waals surface area contributed by atoms with E-state index < -0.39 is 11.6 Å². The van der Waals surface area contributed by atoms with Gasteiger partial charge in [0, 0.05) is 5.88 Å².